The third-order valence-electron chi connectivity index (χ3n) is 2.30. The fourth-order valence-corrected chi connectivity index (χ4v) is 1.30. The first-order valence-corrected chi connectivity index (χ1v) is 5.11. The van der Waals surface area contributed by atoms with Gasteiger partial charge in [-0.15, -0.1) is 0 Å². The van der Waals surface area contributed by atoms with Crippen LogP contribution in [0.25, 0.3) is 0 Å². The zero-order chi connectivity index (χ0) is 12.0. The summed E-state index contributed by atoms with van der Waals surface area (Å²) in [7, 11) is 0. The summed E-state index contributed by atoms with van der Waals surface area (Å²) in [6, 6.07) is 6.88. The molecule has 0 amide bonds. The first kappa shape index (κ1) is 12.9. The van der Waals surface area contributed by atoms with Gasteiger partial charge in [-0.05, 0) is 37.5 Å². The minimum atomic E-state index is -2.77. The molecule has 0 bridgehead atoms. The lowest BCUT2D eigenvalue weighted by molar-refractivity contribution is -0.0498. The zero-order valence-corrected chi connectivity index (χ0v) is 9.12. The number of rotatable bonds is 6. The Balaban J connectivity index is 2.45. The predicted molar refractivity (Wildman–Crippen MR) is 58.2 cm³/mol. The molecule has 0 saturated heterocycles. The highest BCUT2D eigenvalue weighted by Gasteiger charge is 2.04. The number of nitrogens with two attached hydrogens (primary N) is 1. The third kappa shape index (κ3) is 4.55. The van der Waals surface area contributed by atoms with Crippen LogP contribution in [0.5, 0.6) is 5.75 Å². The maximum atomic E-state index is 11.9. The molecule has 5 heteroatoms. The minimum absolute atomic E-state index is 0.184. The molecule has 3 N–H and O–H groups in total. The molecule has 1 atom stereocenters. The standard InChI is InChI=1S/C11H16F2N2O/c1-8(15-14)2-3-9-4-6-10(7-5-9)16-11(12)13/h4-8,11,15H,2-3,14H2,1H3/t8-/m0/s1. The average molecular weight is 230 g/mol. The number of benzene rings is 1. The van der Waals surface area contributed by atoms with E-state index in [9.17, 15) is 8.78 Å². The number of aryl methyl sites for hydroxylation is 1. The monoisotopic (exact) mass is 230 g/mol. The highest BCUT2D eigenvalue weighted by Crippen LogP contribution is 2.15. The summed E-state index contributed by atoms with van der Waals surface area (Å²) in [6.45, 7) is -0.791. The van der Waals surface area contributed by atoms with Crippen molar-refractivity contribution in [3.8, 4) is 5.75 Å². The van der Waals surface area contributed by atoms with E-state index in [1.165, 1.54) is 0 Å². The maximum Gasteiger partial charge on any atom is 0.387 e. The lowest BCUT2D eigenvalue weighted by atomic mass is 10.1. The Morgan fingerprint density at radius 1 is 1.31 bits per heavy atom. The number of ether oxygens (including phenoxy) is 1. The van der Waals surface area contributed by atoms with Gasteiger partial charge in [-0.3, -0.25) is 11.3 Å². The Kier molecular flexibility index (Phi) is 5.14. The van der Waals surface area contributed by atoms with Gasteiger partial charge in [0.1, 0.15) is 5.75 Å². The highest BCUT2D eigenvalue weighted by atomic mass is 19.3. The first-order chi connectivity index (χ1) is 7.61. The van der Waals surface area contributed by atoms with Crippen LogP contribution in [0.2, 0.25) is 0 Å². The van der Waals surface area contributed by atoms with E-state index in [-0.39, 0.29) is 11.8 Å². The van der Waals surface area contributed by atoms with Gasteiger partial charge in [0, 0.05) is 6.04 Å². The average Bonchev–Trinajstić information content (AvgIpc) is 2.27. The van der Waals surface area contributed by atoms with Crippen molar-refractivity contribution in [3.05, 3.63) is 29.8 Å². The molecule has 0 fully saturated rings. The molecule has 0 unspecified atom stereocenters. The van der Waals surface area contributed by atoms with Crippen LogP contribution in [0, 0.1) is 0 Å². The molecule has 16 heavy (non-hydrogen) atoms. The van der Waals surface area contributed by atoms with Crippen molar-refractivity contribution in [2.24, 2.45) is 5.84 Å². The number of hydrazine groups is 1. The lowest BCUT2D eigenvalue weighted by Gasteiger charge is -2.10. The minimum Gasteiger partial charge on any atom is -0.435 e. The largest absolute Gasteiger partial charge is 0.435 e. The molecule has 1 aromatic rings. The first-order valence-electron chi connectivity index (χ1n) is 5.11. The van der Waals surface area contributed by atoms with E-state index in [0.29, 0.717) is 0 Å². The Morgan fingerprint density at radius 3 is 2.44 bits per heavy atom. The van der Waals surface area contributed by atoms with Crippen LogP contribution in [-0.2, 0) is 6.42 Å². The summed E-state index contributed by atoms with van der Waals surface area (Å²) in [5.74, 6) is 5.45. The van der Waals surface area contributed by atoms with Crippen molar-refractivity contribution in [2.75, 3.05) is 0 Å². The van der Waals surface area contributed by atoms with Crippen molar-refractivity contribution in [1.82, 2.24) is 5.43 Å². The van der Waals surface area contributed by atoms with Gasteiger partial charge in [0.15, 0.2) is 0 Å². The topological polar surface area (TPSA) is 47.3 Å². The molecule has 90 valence electrons. The summed E-state index contributed by atoms with van der Waals surface area (Å²) in [5, 5.41) is 0. The Bertz CT molecular complexity index is 303. The molecular weight excluding hydrogens is 214 g/mol. The van der Waals surface area contributed by atoms with E-state index < -0.39 is 6.61 Å². The molecule has 0 radical (unpaired) electrons. The molecule has 0 aliphatic carbocycles. The van der Waals surface area contributed by atoms with Crippen molar-refractivity contribution >= 4 is 0 Å². The van der Waals surface area contributed by atoms with Crippen LogP contribution >= 0.6 is 0 Å². The molecule has 0 aliphatic rings. The highest BCUT2D eigenvalue weighted by molar-refractivity contribution is 5.27. The fraction of sp³-hybridized carbons (Fsp3) is 0.455. The normalized spacial score (nSPS) is 12.8. The molecule has 3 nitrogen and oxygen atoms in total. The molecule has 0 heterocycles. The quantitative estimate of drug-likeness (QED) is 0.581. The van der Waals surface area contributed by atoms with Gasteiger partial charge >= 0.3 is 6.61 Å². The van der Waals surface area contributed by atoms with Gasteiger partial charge in [-0.1, -0.05) is 12.1 Å². The number of nitrogens with one attached hydrogen (secondary N) is 1. The molecule has 0 saturated carbocycles. The van der Waals surface area contributed by atoms with Crippen LogP contribution in [0.4, 0.5) is 8.78 Å². The molecule has 0 aliphatic heterocycles. The predicted octanol–water partition coefficient (Wildman–Crippen LogP) is 2.07. The van der Waals surface area contributed by atoms with Gasteiger partial charge in [-0.25, -0.2) is 0 Å². The second kappa shape index (κ2) is 6.40. The van der Waals surface area contributed by atoms with Crippen molar-refractivity contribution in [3.63, 3.8) is 0 Å². The van der Waals surface area contributed by atoms with E-state index in [1.807, 2.05) is 6.92 Å². The Morgan fingerprint density at radius 2 is 1.94 bits per heavy atom. The van der Waals surface area contributed by atoms with Gasteiger partial charge in [0.2, 0.25) is 0 Å². The van der Waals surface area contributed by atoms with Gasteiger partial charge < -0.3 is 4.74 Å². The smallest absolute Gasteiger partial charge is 0.387 e. The second-order valence-corrected chi connectivity index (χ2v) is 3.63. The lowest BCUT2D eigenvalue weighted by Crippen LogP contribution is -2.32. The van der Waals surface area contributed by atoms with Crippen molar-refractivity contribution in [2.45, 2.75) is 32.4 Å². The van der Waals surface area contributed by atoms with Gasteiger partial charge in [0.05, 0.1) is 0 Å². The SMILES string of the molecule is C[C@@H](CCc1ccc(OC(F)F)cc1)NN. The summed E-state index contributed by atoms with van der Waals surface area (Å²) in [5.41, 5.74) is 3.72. The van der Waals surface area contributed by atoms with Crippen LogP contribution in [0.1, 0.15) is 18.9 Å². The molecular formula is C11H16F2N2O. The summed E-state index contributed by atoms with van der Waals surface area (Å²) in [6.07, 6.45) is 1.74. The van der Waals surface area contributed by atoms with E-state index in [4.69, 9.17) is 5.84 Å². The fourth-order valence-electron chi connectivity index (χ4n) is 1.30. The van der Waals surface area contributed by atoms with E-state index in [1.54, 1.807) is 24.3 Å². The van der Waals surface area contributed by atoms with Gasteiger partial charge in [0.25, 0.3) is 0 Å². The van der Waals surface area contributed by atoms with E-state index >= 15 is 0 Å². The van der Waals surface area contributed by atoms with E-state index in [0.717, 1.165) is 18.4 Å². The third-order valence-corrected chi connectivity index (χ3v) is 2.30. The van der Waals surface area contributed by atoms with Gasteiger partial charge in [-0.2, -0.15) is 8.78 Å². The molecule has 1 aromatic carbocycles. The van der Waals surface area contributed by atoms with Crippen molar-refractivity contribution < 1.29 is 13.5 Å². The Hall–Kier alpha value is -1.20. The summed E-state index contributed by atoms with van der Waals surface area (Å²) >= 11 is 0. The molecule has 0 aromatic heterocycles. The Labute approximate surface area is 93.6 Å². The van der Waals surface area contributed by atoms with Crippen molar-refractivity contribution in [1.29, 1.82) is 0 Å². The maximum absolute atomic E-state index is 11.9. The molecule has 0 spiro atoms. The number of hydrogen-bond donors (Lipinski definition) is 2. The second-order valence-electron chi connectivity index (χ2n) is 3.63. The number of hydrogen-bond acceptors (Lipinski definition) is 3. The number of halogens is 2. The summed E-state index contributed by atoms with van der Waals surface area (Å²) < 4.78 is 28.0. The van der Waals surface area contributed by atoms with Crippen LogP contribution < -0.4 is 16.0 Å². The molecule has 1 rings (SSSR count). The van der Waals surface area contributed by atoms with E-state index in [2.05, 4.69) is 10.2 Å². The number of alkyl halides is 2. The summed E-state index contributed by atoms with van der Waals surface area (Å²) in [4.78, 5) is 0. The van der Waals surface area contributed by atoms with Crippen LogP contribution in [0.15, 0.2) is 24.3 Å². The van der Waals surface area contributed by atoms with Crippen LogP contribution in [0.3, 0.4) is 0 Å². The zero-order valence-electron chi connectivity index (χ0n) is 9.12. The van der Waals surface area contributed by atoms with Crippen LogP contribution in [-0.4, -0.2) is 12.7 Å².